The molecule has 1 saturated carbocycles. The predicted octanol–water partition coefficient (Wildman–Crippen LogP) is 3.34. The first-order chi connectivity index (χ1) is 11.6. The maximum Gasteiger partial charge on any atom is 0.303 e. The van der Waals surface area contributed by atoms with E-state index in [0.717, 1.165) is 43.9 Å². The second-order valence-corrected chi connectivity index (χ2v) is 7.50. The summed E-state index contributed by atoms with van der Waals surface area (Å²) in [6.07, 6.45) is 9.21. The van der Waals surface area contributed by atoms with Gasteiger partial charge in [0.1, 0.15) is 5.75 Å². The summed E-state index contributed by atoms with van der Waals surface area (Å²) in [6, 6.07) is 3.89. The fourth-order valence-corrected chi connectivity index (χ4v) is 4.33. The lowest BCUT2D eigenvalue weighted by atomic mass is 9.65. The molecule has 1 aromatic rings. The first-order valence-electron chi connectivity index (χ1n) is 9.02. The van der Waals surface area contributed by atoms with E-state index in [1.807, 2.05) is 18.3 Å². The Morgan fingerprint density at radius 2 is 2.04 bits per heavy atom. The number of hydrogen-bond donors (Lipinski definition) is 1. The molecule has 0 radical (unpaired) electrons. The molecule has 0 atom stereocenters. The van der Waals surface area contributed by atoms with E-state index in [1.165, 1.54) is 25.7 Å². The fraction of sp³-hybridized carbons (Fsp3) is 0.684. The van der Waals surface area contributed by atoms with Crippen molar-refractivity contribution in [2.24, 2.45) is 11.3 Å². The maximum absolute atomic E-state index is 10.9. The Hall–Kier alpha value is -1.62. The average molecular weight is 332 g/mol. The van der Waals surface area contributed by atoms with Crippen LogP contribution in [0.15, 0.2) is 18.3 Å². The summed E-state index contributed by atoms with van der Waals surface area (Å²) in [6.45, 7) is 3.11. The Morgan fingerprint density at radius 3 is 2.67 bits per heavy atom. The summed E-state index contributed by atoms with van der Waals surface area (Å²) in [5, 5.41) is 8.96. The highest BCUT2D eigenvalue weighted by molar-refractivity contribution is 5.67. The number of likely N-dealkylation sites (tertiary alicyclic amines) is 1. The molecule has 1 aromatic heterocycles. The van der Waals surface area contributed by atoms with Crippen molar-refractivity contribution in [3.63, 3.8) is 0 Å². The van der Waals surface area contributed by atoms with Gasteiger partial charge in [-0.2, -0.15) is 0 Å². The number of hydrogen-bond acceptors (Lipinski definition) is 4. The standard InChI is InChI=1S/C19H28N2O3/c1-24-17-4-9-20-16(13-17)14-21-10-7-19(8-11-21)5-2-15(3-6-19)12-18(22)23/h4,9,13,15H,2-3,5-8,10-12,14H2,1H3,(H,22,23). The van der Waals surface area contributed by atoms with Crippen molar-refractivity contribution in [1.82, 2.24) is 9.88 Å². The van der Waals surface area contributed by atoms with Gasteiger partial charge in [-0.1, -0.05) is 0 Å². The number of aromatic nitrogens is 1. The molecule has 24 heavy (non-hydrogen) atoms. The number of carboxylic acids is 1. The van der Waals surface area contributed by atoms with Crippen molar-refractivity contribution in [1.29, 1.82) is 0 Å². The molecule has 1 N–H and O–H groups in total. The van der Waals surface area contributed by atoms with Crippen molar-refractivity contribution in [2.75, 3.05) is 20.2 Å². The van der Waals surface area contributed by atoms with Gasteiger partial charge in [-0.15, -0.1) is 0 Å². The van der Waals surface area contributed by atoms with E-state index < -0.39 is 5.97 Å². The van der Waals surface area contributed by atoms with Crippen molar-refractivity contribution in [3.05, 3.63) is 24.0 Å². The fourth-order valence-electron chi connectivity index (χ4n) is 4.33. The first kappa shape index (κ1) is 17.2. The Labute approximate surface area is 144 Å². The Bertz CT molecular complexity index is 557. The molecule has 0 unspecified atom stereocenters. The molecular weight excluding hydrogens is 304 g/mol. The molecule has 2 heterocycles. The monoisotopic (exact) mass is 332 g/mol. The Morgan fingerprint density at radius 1 is 1.33 bits per heavy atom. The van der Waals surface area contributed by atoms with Crippen LogP contribution in [-0.4, -0.2) is 41.2 Å². The summed E-state index contributed by atoms with van der Waals surface area (Å²) in [5.74, 6) is 0.619. The first-order valence-corrected chi connectivity index (χ1v) is 9.02. The smallest absolute Gasteiger partial charge is 0.303 e. The van der Waals surface area contributed by atoms with E-state index in [1.54, 1.807) is 7.11 Å². The number of pyridine rings is 1. The van der Waals surface area contributed by atoms with Gasteiger partial charge in [0, 0.05) is 25.2 Å². The third kappa shape index (κ3) is 4.26. The number of carboxylic acid groups (broad SMARTS) is 1. The van der Waals surface area contributed by atoms with Gasteiger partial charge in [0.15, 0.2) is 0 Å². The summed E-state index contributed by atoms with van der Waals surface area (Å²) in [4.78, 5) is 17.8. The molecule has 0 bridgehead atoms. The van der Waals surface area contributed by atoms with Gasteiger partial charge in [-0.3, -0.25) is 14.7 Å². The Kier molecular flexibility index (Phi) is 5.39. The van der Waals surface area contributed by atoms with Crippen LogP contribution in [0.25, 0.3) is 0 Å². The van der Waals surface area contributed by atoms with Crippen molar-refractivity contribution in [3.8, 4) is 5.75 Å². The lowest BCUT2D eigenvalue weighted by molar-refractivity contribution is -0.138. The number of methoxy groups -OCH3 is 1. The summed E-state index contributed by atoms with van der Waals surface area (Å²) < 4.78 is 5.27. The van der Waals surface area contributed by atoms with Gasteiger partial charge in [0.25, 0.3) is 0 Å². The van der Waals surface area contributed by atoms with Gasteiger partial charge >= 0.3 is 5.97 Å². The van der Waals surface area contributed by atoms with Crippen molar-refractivity contribution < 1.29 is 14.6 Å². The number of ether oxygens (including phenoxy) is 1. The molecular formula is C19H28N2O3. The van der Waals surface area contributed by atoms with Crippen LogP contribution in [0.4, 0.5) is 0 Å². The largest absolute Gasteiger partial charge is 0.497 e. The SMILES string of the molecule is COc1ccnc(CN2CCC3(CCC(CC(=O)O)CC3)CC2)c1. The zero-order chi connectivity index (χ0) is 17.0. The van der Waals surface area contributed by atoms with Crippen LogP contribution in [-0.2, 0) is 11.3 Å². The van der Waals surface area contributed by atoms with Crippen molar-refractivity contribution >= 4 is 5.97 Å². The zero-order valence-corrected chi connectivity index (χ0v) is 14.5. The number of piperidine rings is 1. The topological polar surface area (TPSA) is 62.7 Å². The number of rotatable bonds is 5. The van der Waals surface area contributed by atoms with Gasteiger partial charge in [0.05, 0.1) is 12.8 Å². The summed E-state index contributed by atoms with van der Waals surface area (Å²) in [7, 11) is 1.68. The molecule has 2 aliphatic rings. The highest BCUT2D eigenvalue weighted by Gasteiger charge is 2.38. The second kappa shape index (κ2) is 7.51. The maximum atomic E-state index is 10.9. The molecule has 0 aromatic carbocycles. The molecule has 1 saturated heterocycles. The number of carbonyl (C=O) groups is 1. The molecule has 3 rings (SSSR count). The molecule has 5 heteroatoms. The quantitative estimate of drug-likeness (QED) is 0.896. The third-order valence-corrected chi connectivity index (χ3v) is 5.96. The Balaban J connectivity index is 1.48. The minimum atomic E-state index is -0.642. The minimum absolute atomic E-state index is 0.351. The zero-order valence-electron chi connectivity index (χ0n) is 14.5. The summed E-state index contributed by atoms with van der Waals surface area (Å²) >= 11 is 0. The molecule has 5 nitrogen and oxygen atoms in total. The molecule has 1 aliphatic heterocycles. The normalized spacial score (nSPS) is 21.7. The molecule has 0 amide bonds. The van der Waals surface area contributed by atoms with Crippen LogP contribution >= 0.6 is 0 Å². The second-order valence-electron chi connectivity index (χ2n) is 7.50. The van der Waals surface area contributed by atoms with Crippen LogP contribution in [0.1, 0.15) is 50.6 Å². The number of aliphatic carboxylic acids is 1. The lowest BCUT2D eigenvalue weighted by Crippen LogP contribution is -2.41. The highest BCUT2D eigenvalue weighted by atomic mass is 16.5. The van der Waals surface area contributed by atoms with Crippen LogP contribution < -0.4 is 4.74 Å². The lowest BCUT2D eigenvalue weighted by Gasteiger charge is -2.46. The average Bonchev–Trinajstić information content (AvgIpc) is 2.59. The predicted molar refractivity (Wildman–Crippen MR) is 91.9 cm³/mol. The molecule has 2 fully saturated rings. The number of nitrogens with zero attached hydrogens (tertiary/aromatic N) is 2. The highest BCUT2D eigenvalue weighted by Crippen LogP contribution is 2.47. The van der Waals surface area contributed by atoms with Crippen LogP contribution in [0.3, 0.4) is 0 Å². The van der Waals surface area contributed by atoms with Gasteiger partial charge in [0.2, 0.25) is 0 Å². The van der Waals surface area contributed by atoms with E-state index in [0.29, 0.717) is 17.8 Å². The van der Waals surface area contributed by atoms with Gasteiger partial charge < -0.3 is 9.84 Å². The molecule has 1 aliphatic carbocycles. The van der Waals surface area contributed by atoms with Crippen LogP contribution in [0, 0.1) is 11.3 Å². The molecule has 1 spiro atoms. The van der Waals surface area contributed by atoms with E-state index in [4.69, 9.17) is 9.84 Å². The van der Waals surface area contributed by atoms with Crippen LogP contribution in [0.5, 0.6) is 5.75 Å². The summed E-state index contributed by atoms with van der Waals surface area (Å²) in [5.41, 5.74) is 1.53. The minimum Gasteiger partial charge on any atom is -0.497 e. The van der Waals surface area contributed by atoms with E-state index in [2.05, 4.69) is 9.88 Å². The molecule has 132 valence electrons. The van der Waals surface area contributed by atoms with E-state index >= 15 is 0 Å². The van der Waals surface area contributed by atoms with E-state index in [-0.39, 0.29) is 0 Å². The van der Waals surface area contributed by atoms with E-state index in [9.17, 15) is 4.79 Å². The van der Waals surface area contributed by atoms with Gasteiger partial charge in [-0.05, 0) is 69.0 Å². The third-order valence-electron chi connectivity index (χ3n) is 5.96. The van der Waals surface area contributed by atoms with Crippen molar-refractivity contribution in [2.45, 2.75) is 51.5 Å². The van der Waals surface area contributed by atoms with Crippen LogP contribution in [0.2, 0.25) is 0 Å². The van der Waals surface area contributed by atoms with Gasteiger partial charge in [-0.25, -0.2) is 0 Å².